The van der Waals surface area contributed by atoms with Crippen LogP contribution in [0.25, 0.3) is 0 Å². The molecule has 410 valence electrons. The van der Waals surface area contributed by atoms with E-state index in [4.69, 9.17) is 9.47 Å². The molecule has 4 fully saturated rings. The number of unbranched alkanes of at least 4 members (excludes halogenated alkanes) is 14. The number of allylic oxidation sites excluding steroid dienone is 2. The highest BCUT2D eigenvalue weighted by atomic mass is 16.5. The van der Waals surface area contributed by atoms with Gasteiger partial charge >= 0.3 is 11.9 Å². The van der Waals surface area contributed by atoms with Crippen LogP contribution in [0.3, 0.4) is 0 Å². The highest BCUT2D eigenvalue weighted by molar-refractivity contribution is 5.76. The molecule has 5 rings (SSSR count). The van der Waals surface area contributed by atoms with Crippen LogP contribution in [0, 0.1) is 52.3 Å². The molecule has 1 amide bonds. The molecule has 1 aliphatic heterocycles. The van der Waals surface area contributed by atoms with Crippen molar-refractivity contribution in [2.45, 2.75) is 286 Å². The quantitative estimate of drug-likeness (QED) is 0.0354. The number of amides is 1. The number of carbonyl (C=O) groups excluding carboxylic acids is 3. The van der Waals surface area contributed by atoms with Crippen molar-refractivity contribution in [3.05, 3.63) is 11.6 Å². The van der Waals surface area contributed by atoms with E-state index < -0.39 is 0 Å². The second-order valence-electron chi connectivity index (χ2n) is 25.5. The molecule has 0 N–H and O–H groups in total. The third-order valence-corrected chi connectivity index (χ3v) is 19.7. The lowest BCUT2D eigenvalue weighted by Crippen LogP contribution is -2.50. The molecule has 1 saturated heterocycles. The highest BCUT2D eigenvalue weighted by Gasteiger charge is 2.58. The van der Waals surface area contributed by atoms with Crippen LogP contribution >= 0.6 is 0 Å². The Kier molecular flexibility index (Phi) is 27.5. The Hall–Kier alpha value is -1.89. The van der Waals surface area contributed by atoms with E-state index in [0.29, 0.717) is 42.1 Å². The molecule has 5 aliphatic rings. The summed E-state index contributed by atoms with van der Waals surface area (Å²) in [5, 5.41) is 0. The molecule has 9 unspecified atom stereocenters. The van der Waals surface area contributed by atoms with E-state index in [9.17, 15) is 14.4 Å². The normalized spacial score (nSPS) is 27.3. The van der Waals surface area contributed by atoms with Gasteiger partial charge in [-0.3, -0.25) is 14.4 Å². The van der Waals surface area contributed by atoms with Crippen molar-refractivity contribution >= 4 is 17.8 Å². The van der Waals surface area contributed by atoms with Crippen molar-refractivity contribution in [1.29, 1.82) is 0 Å². The summed E-state index contributed by atoms with van der Waals surface area (Å²) < 4.78 is 12.1. The lowest BCUT2D eigenvalue weighted by Gasteiger charge is -2.58. The van der Waals surface area contributed by atoms with Gasteiger partial charge in [0, 0.05) is 32.5 Å². The van der Waals surface area contributed by atoms with Crippen LogP contribution in [0.15, 0.2) is 11.6 Å². The molecule has 1 heterocycles. The second kappa shape index (κ2) is 32.5. The largest absolute Gasteiger partial charge is 0.465 e. The first-order chi connectivity index (χ1) is 34.4. The topological polar surface area (TPSA) is 76.1 Å². The van der Waals surface area contributed by atoms with Crippen molar-refractivity contribution < 1.29 is 23.9 Å². The van der Waals surface area contributed by atoms with E-state index in [0.717, 1.165) is 152 Å². The number of ether oxygens (including phenoxy) is 2. The van der Waals surface area contributed by atoms with Gasteiger partial charge in [-0.25, -0.2) is 0 Å². The van der Waals surface area contributed by atoms with Crippen LogP contribution in [0.1, 0.15) is 280 Å². The Morgan fingerprint density at radius 3 is 1.99 bits per heavy atom. The van der Waals surface area contributed by atoms with Crippen LogP contribution in [0.2, 0.25) is 0 Å². The van der Waals surface area contributed by atoms with E-state index in [1.54, 1.807) is 0 Å². The fraction of sp³-hybridized carbons (Fsp3) is 0.922. The Labute approximate surface area is 438 Å². The first-order valence-corrected chi connectivity index (χ1v) is 31.5. The van der Waals surface area contributed by atoms with Crippen LogP contribution < -0.4 is 0 Å². The molecule has 0 aromatic heterocycles. The third kappa shape index (κ3) is 19.3. The monoisotopic (exact) mass is 991 g/mol. The van der Waals surface area contributed by atoms with Gasteiger partial charge in [0.25, 0.3) is 0 Å². The molecule has 7 nitrogen and oxygen atoms in total. The fourth-order valence-corrected chi connectivity index (χ4v) is 15.1. The van der Waals surface area contributed by atoms with E-state index >= 15 is 0 Å². The number of likely N-dealkylation sites (tertiary alicyclic amines) is 1. The van der Waals surface area contributed by atoms with Gasteiger partial charge in [0.05, 0.1) is 12.5 Å². The van der Waals surface area contributed by atoms with E-state index in [-0.39, 0.29) is 24.0 Å². The molecule has 0 bridgehead atoms. The Morgan fingerprint density at radius 1 is 0.662 bits per heavy atom. The average molecular weight is 992 g/mol. The lowest BCUT2D eigenvalue weighted by atomic mass is 9.47. The minimum Gasteiger partial charge on any atom is -0.465 e. The zero-order valence-electron chi connectivity index (χ0n) is 47.8. The average Bonchev–Trinajstić information content (AvgIpc) is 3.72. The summed E-state index contributed by atoms with van der Waals surface area (Å²) in [5.74, 6) is 5.03. The van der Waals surface area contributed by atoms with Crippen LogP contribution in [-0.4, -0.2) is 73.1 Å². The number of fused-ring (bicyclic) bond motifs is 5. The van der Waals surface area contributed by atoms with E-state index in [2.05, 4.69) is 64.3 Å². The van der Waals surface area contributed by atoms with Crippen molar-refractivity contribution in [3.63, 3.8) is 0 Å². The number of esters is 2. The minimum atomic E-state index is -0.00161. The predicted octanol–water partition coefficient (Wildman–Crippen LogP) is 17.0. The van der Waals surface area contributed by atoms with Gasteiger partial charge in [0.15, 0.2) is 0 Å². The summed E-state index contributed by atoms with van der Waals surface area (Å²) in [4.78, 5) is 44.6. The highest BCUT2D eigenvalue weighted by Crippen LogP contribution is 2.67. The van der Waals surface area contributed by atoms with Gasteiger partial charge in [-0.05, 0) is 169 Å². The summed E-state index contributed by atoms with van der Waals surface area (Å²) in [6, 6.07) is 0. The molecular weight excluding hydrogens is 877 g/mol. The van der Waals surface area contributed by atoms with E-state index in [1.807, 2.05) is 5.57 Å². The molecule has 3 saturated carbocycles. The molecule has 71 heavy (non-hydrogen) atoms. The SMILES string of the molecule is CCCCCCCCC(CCCCCC)C(=O)OCCCCCCN(CCCCCCC(=O)OC1CCC2(C)C(CC=C3C2CCC2(C)C3CCC2C(C)CCCC(C)C)C1)C(=O)CCN1CCCCC1. The van der Waals surface area contributed by atoms with Crippen molar-refractivity contribution in [2.24, 2.45) is 52.3 Å². The number of piperidine rings is 1. The number of nitrogens with zero attached hydrogens (tertiary/aromatic N) is 2. The fourth-order valence-electron chi connectivity index (χ4n) is 15.1. The third-order valence-electron chi connectivity index (χ3n) is 19.7. The van der Waals surface area contributed by atoms with Gasteiger partial charge < -0.3 is 19.3 Å². The molecule has 0 spiro atoms. The molecule has 4 aliphatic carbocycles. The summed E-state index contributed by atoms with van der Waals surface area (Å²) >= 11 is 0. The number of hydrogen-bond acceptors (Lipinski definition) is 6. The van der Waals surface area contributed by atoms with Crippen molar-refractivity contribution in [1.82, 2.24) is 9.80 Å². The molecular formula is C64H114N2O5. The Morgan fingerprint density at radius 2 is 1.28 bits per heavy atom. The molecule has 0 aromatic carbocycles. The summed E-state index contributed by atoms with van der Waals surface area (Å²) in [7, 11) is 0. The van der Waals surface area contributed by atoms with E-state index in [1.165, 1.54) is 128 Å². The minimum absolute atomic E-state index is 0.00161. The smallest absolute Gasteiger partial charge is 0.308 e. The van der Waals surface area contributed by atoms with Crippen molar-refractivity contribution in [3.8, 4) is 0 Å². The number of hydrogen-bond donors (Lipinski definition) is 0. The summed E-state index contributed by atoms with van der Waals surface area (Å²) in [6.07, 6.45) is 44.0. The van der Waals surface area contributed by atoms with Gasteiger partial charge in [0.1, 0.15) is 6.10 Å². The number of rotatable bonds is 36. The lowest BCUT2D eigenvalue weighted by molar-refractivity contribution is -0.155. The Bertz CT molecular complexity index is 1540. The maximum Gasteiger partial charge on any atom is 0.308 e. The second-order valence-corrected chi connectivity index (χ2v) is 25.5. The van der Waals surface area contributed by atoms with Crippen LogP contribution in [0.4, 0.5) is 0 Å². The zero-order valence-corrected chi connectivity index (χ0v) is 47.8. The van der Waals surface area contributed by atoms with Crippen LogP contribution in [-0.2, 0) is 23.9 Å². The molecule has 9 atom stereocenters. The first-order valence-electron chi connectivity index (χ1n) is 31.5. The van der Waals surface area contributed by atoms with Crippen LogP contribution in [0.5, 0.6) is 0 Å². The first kappa shape index (κ1) is 60.0. The standard InChI is InChI=1S/C64H114N2O5/c1-8-10-12-14-15-22-33-53(32-21-13-11-9-2)62(69)70-49-28-19-18-27-47-66(60(67)41-48-65-44-24-20-25-45-65)46-26-17-16-23-34-61(68)71-55-39-42-63(6)54(50-55)35-36-56-58-38-37-57(52(5)31-29-30-51(3)4)64(58,7)43-40-59(56)63/h36,51-55,57-59H,8-35,37-50H2,1-7H3. The zero-order chi connectivity index (χ0) is 50.9. The summed E-state index contributed by atoms with van der Waals surface area (Å²) in [5.41, 5.74) is 2.67. The maximum absolute atomic E-state index is 13.6. The van der Waals surface area contributed by atoms with Gasteiger partial charge in [-0.1, -0.05) is 169 Å². The van der Waals surface area contributed by atoms with Gasteiger partial charge in [-0.2, -0.15) is 0 Å². The maximum atomic E-state index is 13.6. The van der Waals surface area contributed by atoms with Crippen molar-refractivity contribution in [2.75, 3.05) is 39.3 Å². The Balaban J connectivity index is 0.979. The molecule has 0 aromatic rings. The van der Waals surface area contributed by atoms with Gasteiger partial charge in [0.2, 0.25) is 5.91 Å². The predicted molar refractivity (Wildman–Crippen MR) is 297 cm³/mol. The molecule has 7 heteroatoms. The summed E-state index contributed by atoms with van der Waals surface area (Å²) in [6.45, 7) is 22.4. The molecule has 0 radical (unpaired) electrons. The van der Waals surface area contributed by atoms with Gasteiger partial charge in [-0.15, -0.1) is 0 Å². The number of carbonyl (C=O) groups is 3.